The van der Waals surface area contributed by atoms with Crippen LogP contribution in [0.15, 0.2) is 39.6 Å². The second-order valence-electron chi connectivity index (χ2n) is 5.26. The van der Waals surface area contributed by atoms with Gasteiger partial charge < -0.3 is 9.15 Å². The molecule has 0 radical (unpaired) electrons. The predicted molar refractivity (Wildman–Crippen MR) is 74.8 cm³/mol. The summed E-state index contributed by atoms with van der Waals surface area (Å²) < 4.78 is 11.4. The highest BCUT2D eigenvalue weighted by molar-refractivity contribution is 5.85. The minimum absolute atomic E-state index is 0.307. The van der Waals surface area contributed by atoms with Gasteiger partial charge in [-0.25, -0.2) is 4.79 Å². The fraction of sp³-hybridized carbons (Fsp3) is 0.312. The number of hydrogen-bond donors (Lipinski definition) is 0. The van der Waals surface area contributed by atoms with Gasteiger partial charge in [-0.1, -0.05) is 6.08 Å². The summed E-state index contributed by atoms with van der Waals surface area (Å²) >= 11 is 0. The van der Waals surface area contributed by atoms with Crippen LogP contribution in [0.25, 0.3) is 11.0 Å². The van der Waals surface area contributed by atoms with Crippen LogP contribution >= 0.6 is 0 Å². The average Bonchev–Trinajstić information content (AvgIpc) is 2.66. The largest absolute Gasteiger partial charge is 0.483 e. The van der Waals surface area contributed by atoms with E-state index < -0.39 is 0 Å². The maximum absolute atomic E-state index is 11.6. The molecule has 0 amide bonds. The van der Waals surface area contributed by atoms with E-state index in [1.165, 1.54) is 6.07 Å². The number of fused-ring (bicyclic) bond motifs is 3. The molecule has 1 unspecified atom stereocenters. The Bertz CT molecular complexity index is 739. The molecule has 1 aromatic carbocycles. The van der Waals surface area contributed by atoms with Crippen LogP contribution < -0.4 is 10.4 Å². The fourth-order valence-electron chi connectivity index (χ4n) is 2.77. The molecule has 3 nitrogen and oxygen atoms in total. The van der Waals surface area contributed by atoms with E-state index in [0.717, 1.165) is 28.7 Å². The number of hydrogen-bond acceptors (Lipinski definition) is 3. The van der Waals surface area contributed by atoms with Crippen molar-refractivity contribution >= 4 is 11.0 Å². The van der Waals surface area contributed by atoms with Crippen molar-refractivity contribution in [2.45, 2.75) is 32.8 Å². The lowest BCUT2D eigenvalue weighted by atomic mass is 9.97. The third kappa shape index (κ3) is 1.86. The van der Waals surface area contributed by atoms with Gasteiger partial charge in [-0.05, 0) is 44.5 Å². The van der Waals surface area contributed by atoms with Crippen molar-refractivity contribution in [1.29, 1.82) is 0 Å². The molecule has 98 valence electrons. The maximum Gasteiger partial charge on any atom is 0.336 e. The first-order valence-electron chi connectivity index (χ1n) is 6.42. The third-order valence-electron chi connectivity index (χ3n) is 3.57. The lowest BCUT2D eigenvalue weighted by Gasteiger charge is -2.18. The van der Waals surface area contributed by atoms with Crippen LogP contribution in [0.2, 0.25) is 0 Å². The van der Waals surface area contributed by atoms with Gasteiger partial charge in [0.2, 0.25) is 0 Å². The summed E-state index contributed by atoms with van der Waals surface area (Å²) in [6.07, 6.45) is 4.73. The van der Waals surface area contributed by atoms with Crippen molar-refractivity contribution in [3.8, 4) is 5.75 Å². The van der Waals surface area contributed by atoms with Crippen LogP contribution in [-0.2, 0) is 6.42 Å². The standard InChI is InChI=1S/C16H16O3/c1-4-7-16(3)9-12-13(19-16)6-5-11-10(2)8-14(17)18-15(11)12/h4-8H,9H2,1-3H3/b7-4+. The number of aryl methyl sites for hydroxylation is 1. The second kappa shape index (κ2) is 3.98. The Labute approximate surface area is 111 Å². The van der Waals surface area contributed by atoms with Crippen LogP contribution in [0.1, 0.15) is 25.0 Å². The van der Waals surface area contributed by atoms with Gasteiger partial charge in [0.15, 0.2) is 0 Å². The van der Waals surface area contributed by atoms with E-state index in [9.17, 15) is 4.79 Å². The van der Waals surface area contributed by atoms with Crippen molar-refractivity contribution in [1.82, 2.24) is 0 Å². The maximum atomic E-state index is 11.6. The molecule has 0 spiro atoms. The van der Waals surface area contributed by atoms with Gasteiger partial charge in [-0.15, -0.1) is 0 Å². The summed E-state index contributed by atoms with van der Waals surface area (Å²) in [5.41, 5.74) is 1.93. The van der Waals surface area contributed by atoms with Gasteiger partial charge in [0.05, 0.1) is 0 Å². The van der Waals surface area contributed by atoms with E-state index in [1.54, 1.807) is 0 Å². The van der Waals surface area contributed by atoms with Crippen molar-refractivity contribution in [3.05, 3.63) is 51.9 Å². The van der Waals surface area contributed by atoms with Crippen LogP contribution in [0.4, 0.5) is 0 Å². The summed E-state index contributed by atoms with van der Waals surface area (Å²) in [5, 5.41) is 0.978. The van der Waals surface area contributed by atoms with Gasteiger partial charge in [-0.2, -0.15) is 0 Å². The molecule has 1 aromatic heterocycles. The quantitative estimate of drug-likeness (QED) is 0.580. The normalized spacial score (nSPS) is 21.8. The Morgan fingerprint density at radius 3 is 2.89 bits per heavy atom. The molecule has 0 aliphatic carbocycles. The summed E-state index contributed by atoms with van der Waals surface area (Å²) in [4.78, 5) is 11.6. The molecule has 0 fully saturated rings. The highest BCUT2D eigenvalue weighted by atomic mass is 16.5. The molecule has 0 bridgehead atoms. The van der Waals surface area contributed by atoms with E-state index in [-0.39, 0.29) is 11.2 Å². The van der Waals surface area contributed by atoms with E-state index >= 15 is 0 Å². The highest BCUT2D eigenvalue weighted by Crippen LogP contribution is 2.40. The molecule has 1 aliphatic rings. The Hall–Kier alpha value is -2.03. The van der Waals surface area contributed by atoms with Crippen molar-refractivity contribution in [2.75, 3.05) is 0 Å². The monoisotopic (exact) mass is 256 g/mol. The lowest BCUT2D eigenvalue weighted by molar-refractivity contribution is 0.171. The number of benzene rings is 1. The molecule has 1 aliphatic heterocycles. The molecule has 0 saturated carbocycles. The van der Waals surface area contributed by atoms with E-state index in [2.05, 4.69) is 0 Å². The number of allylic oxidation sites excluding steroid dienone is 1. The zero-order valence-corrected chi connectivity index (χ0v) is 11.3. The van der Waals surface area contributed by atoms with E-state index in [0.29, 0.717) is 5.58 Å². The van der Waals surface area contributed by atoms with Crippen LogP contribution in [0.5, 0.6) is 5.75 Å². The molecule has 3 heteroatoms. The van der Waals surface area contributed by atoms with Gasteiger partial charge in [0, 0.05) is 23.4 Å². The first-order chi connectivity index (χ1) is 9.02. The average molecular weight is 256 g/mol. The third-order valence-corrected chi connectivity index (χ3v) is 3.57. The molecule has 0 saturated heterocycles. The Balaban J connectivity index is 2.26. The summed E-state index contributed by atoms with van der Waals surface area (Å²) in [5.74, 6) is 0.807. The van der Waals surface area contributed by atoms with Gasteiger partial charge in [0.25, 0.3) is 0 Å². The molecule has 19 heavy (non-hydrogen) atoms. The fourth-order valence-corrected chi connectivity index (χ4v) is 2.77. The Morgan fingerprint density at radius 2 is 2.16 bits per heavy atom. The minimum Gasteiger partial charge on any atom is -0.483 e. The molecular formula is C16H16O3. The van der Waals surface area contributed by atoms with Crippen molar-refractivity contribution < 1.29 is 9.15 Å². The van der Waals surface area contributed by atoms with Crippen LogP contribution in [-0.4, -0.2) is 5.60 Å². The number of ether oxygens (including phenoxy) is 1. The minimum atomic E-state index is -0.353. The second-order valence-corrected chi connectivity index (χ2v) is 5.26. The molecule has 2 heterocycles. The van der Waals surface area contributed by atoms with Crippen LogP contribution in [0, 0.1) is 6.92 Å². The summed E-state index contributed by atoms with van der Waals surface area (Å²) in [7, 11) is 0. The molecule has 0 N–H and O–H groups in total. The molecular weight excluding hydrogens is 240 g/mol. The first kappa shape index (κ1) is 12.0. The predicted octanol–water partition coefficient (Wildman–Crippen LogP) is 3.37. The lowest BCUT2D eigenvalue weighted by Crippen LogP contribution is -2.26. The molecule has 1 atom stereocenters. The van der Waals surface area contributed by atoms with Crippen LogP contribution in [0.3, 0.4) is 0 Å². The number of rotatable bonds is 1. The van der Waals surface area contributed by atoms with Gasteiger partial charge in [0.1, 0.15) is 16.9 Å². The SMILES string of the molecule is C/C=C/C1(C)Cc2c(ccc3c(C)cc(=O)oc23)O1. The Morgan fingerprint density at radius 1 is 1.37 bits per heavy atom. The smallest absolute Gasteiger partial charge is 0.336 e. The zero-order valence-electron chi connectivity index (χ0n) is 11.3. The first-order valence-corrected chi connectivity index (χ1v) is 6.42. The van der Waals surface area contributed by atoms with Crippen molar-refractivity contribution in [2.24, 2.45) is 0 Å². The van der Waals surface area contributed by atoms with E-state index in [1.807, 2.05) is 45.1 Å². The van der Waals surface area contributed by atoms with Gasteiger partial charge >= 0.3 is 5.63 Å². The molecule has 2 aromatic rings. The summed E-state index contributed by atoms with van der Waals surface area (Å²) in [6, 6.07) is 5.43. The van der Waals surface area contributed by atoms with E-state index in [4.69, 9.17) is 9.15 Å². The molecule has 3 rings (SSSR count). The van der Waals surface area contributed by atoms with Gasteiger partial charge in [-0.3, -0.25) is 0 Å². The Kier molecular flexibility index (Phi) is 2.52. The van der Waals surface area contributed by atoms with Crippen molar-refractivity contribution in [3.63, 3.8) is 0 Å². The summed E-state index contributed by atoms with van der Waals surface area (Å²) in [6.45, 7) is 5.93. The zero-order chi connectivity index (χ0) is 13.6. The highest BCUT2D eigenvalue weighted by Gasteiger charge is 2.34. The topological polar surface area (TPSA) is 39.4 Å².